The van der Waals surface area contributed by atoms with E-state index in [9.17, 15) is 18.0 Å². The Hall–Kier alpha value is -2.82. The Bertz CT molecular complexity index is 1180. The second kappa shape index (κ2) is 10.2. The molecule has 1 aromatic heterocycles. The van der Waals surface area contributed by atoms with Gasteiger partial charge >= 0.3 is 0 Å². The molecule has 2 aliphatic heterocycles. The van der Waals surface area contributed by atoms with Crippen LogP contribution in [0.3, 0.4) is 0 Å². The normalized spacial score (nSPS) is 16.5. The highest BCUT2D eigenvalue weighted by Gasteiger charge is 2.30. The molecule has 3 heterocycles. The van der Waals surface area contributed by atoms with Crippen LogP contribution in [0.15, 0.2) is 41.3 Å². The molecule has 0 aliphatic carbocycles. The zero-order valence-corrected chi connectivity index (χ0v) is 20.5. The van der Waals surface area contributed by atoms with Gasteiger partial charge in [-0.25, -0.2) is 13.4 Å². The molecule has 2 amide bonds. The van der Waals surface area contributed by atoms with E-state index in [2.05, 4.69) is 10.3 Å². The van der Waals surface area contributed by atoms with Crippen molar-refractivity contribution < 1.29 is 18.0 Å². The van der Waals surface area contributed by atoms with E-state index < -0.39 is 10.0 Å². The van der Waals surface area contributed by atoms with Crippen LogP contribution in [-0.2, 0) is 26.0 Å². The smallest absolute Gasteiger partial charge is 0.243 e. The van der Waals surface area contributed by atoms with Gasteiger partial charge in [-0.1, -0.05) is 12.5 Å². The van der Waals surface area contributed by atoms with Crippen molar-refractivity contribution in [2.45, 2.75) is 37.5 Å². The first-order valence-corrected chi connectivity index (χ1v) is 13.0. The SMILES string of the molecule is Cc1cccc(NC(=O)CN(C)CC(=O)N2CCc3cc(S(=O)(=O)N4CCCCC4)ccc32)n1. The monoisotopic (exact) mass is 485 g/mol. The number of carbonyl (C=O) groups excluding carboxylic acids is 2. The zero-order chi connectivity index (χ0) is 24.3. The van der Waals surface area contributed by atoms with Crippen molar-refractivity contribution >= 4 is 33.3 Å². The van der Waals surface area contributed by atoms with Gasteiger partial charge in [-0.05, 0) is 69.1 Å². The van der Waals surface area contributed by atoms with Gasteiger partial charge in [0.25, 0.3) is 0 Å². The molecule has 182 valence electrons. The third kappa shape index (κ3) is 5.45. The molecule has 2 aromatic rings. The number of nitrogens with zero attached hydrogens (tertiary/aromatic N) is 4. The number of hydrogen-bond acceptors (Lipinski definition) is 6. The summed E-state index contributed by atoms with van der Waals surface area (Å²) in [5.74, 6) is 0.102. The summed E-state index contributed by atoms with van der Waals surface area (Å²) in [6, 6.07) is 10.4. The number of rotatable bonds is 7. The predicted octanol–water partition coefficient (Wildman–Crippen LogP) is 2.02. The number of piperidine rings is 1. The van der Waals surface area contributed by atoms with Crippen molar-refractivity contribution in [1.29, 1.82) is 0 Å². The summed E-state index contributed by atoms with van der Waals surface area (Å²) in [5.41, 5.74) is 2.41. The first-order chi connectivity index (χ1) is 16.2. The molecule has 2 aliphatic rings. The van der Waals surface area contributed by atoms with E-state index in [0.717, 1.165) is 36.2 Å². The summed E-state index contributed by atoms with van der Waals surface area (Å²) in [7, 11) is -1.80. The van der Waals surface area contributed by atoms with Gasteiger partial charge in [0, 0.05) is 31.0 Å². The standard InChI is InChI=1S/C24H31N5O4S/c1-18-7-6-8-22(25-18)26-23(30)16-27(2)17-24(31)29-14-11-19-15-20(9-10-21(19)29)34(32,33)28-12-4-3-5-13-28/h6-10,15H,3-5,11-14,16-17H2,1-2H3,(H,25,26,30). The number of fused-ring (bicyclic) bond motifs is 1. The van der Waals surface area contributed by atoms with Crippen LogP contribution in [0.1, 0.15) is 30.5 Å². The van der Waals surface area contributed by atoms with Crippen LogP contribution in [0.4, 0.5) is 11.5 Å². The number of likely N-dealkylation sites (N-methyl/N-ethyl adjacent to an activating group) is 1. The lowest BCUT2D eigenvalue weighted by Gasteiger charge is -2.26. The van der Waals surface area contributed by atoms with Crippen molar-refractivity contribution in [3.05, 3.63) is 47.7 Å². The average molecular weight is 486 g/mol. The Morgan fingerprint density at radius 1 is 1.06 bits per heavy atom. The average Bonchev–Trinajstić information content (AvgIpc) is 3.23. The summed E-state index contributed by atoms with van der Waals surface area (Å²) < 4.78 is 27.6. The van der Waals surface area contributed by atoms with Crippen LogP contribution in [0, 0.1) is 6.92 Å². The maximum atomic E-state index is 13.0. The van der Waals surface area contributed by atoms with E-state index >= 15 is 0 Å². The molecular weight excluding hydrogens is 454 g/mol. The second-order valence-corrected chi connectivity index (χ2v) is 10.9. The van der Waals surface area contributed by atoms with Gasteiger partial charge in [-0.3, -0.25) is 14.5 Å². The number of benzene rings is 1. The van der Waals surface area contributed by atoms with Gasteiger partial charge in [0.1, 0.15) is 5.82 Å². The lowest BCUT2D eigenvalue weighted by atomic mass is 10.2. The summed E-state index contributed by atoms with van der Waals surface area (Å²) in [6.07, 6.45) is 3.44. The molecule has 4 rings (SSSR count). The molecule has 34 heavy (non-hydrogen) atoms. The fourth-order valence-electron chi connectivity index (χ4n) is 4.46. The zero-order valence-electron chi connectivity index (χ0n) is 19.7. The molecule has 1 aromatic carbocycles. The summed E-state index contributed by atoms with van der Waals surface area (Å²) in [6.45, 7) is 3.58. The van der Waals surface area contributed by atoms with E-state index in [1.807, 2.05) is 19.1 Å². The molecular formula is C24H31N5O4S. The summed E-state index contributed by atoms with van der Waals surface area (Å²) in [4.78, 5) is 33.1. The maximum Gasteiger partial charge on any atom is 0.243 e. The lowest BCUT2D eigenvalue weighted by molar-refractivity contribution is -0.120. The summed E-state index contributed by atoms with van der Waals surface area (Å²) in [5, 5.41) is 2.74. The molecule has 0 unspecified atom stereocenters. The Balaban J connectivity index is 1.36. The molecule has 0 spiro atoms. The quantitative estimate of drug-likeness (QED) is 0.644. The van der Waals surface area contributed by atoms with E-state index in [-0.39, 0.29) is 24.9 Å². The van der Waals surface area contributed by atoms with E-state index in [1.165, 1.54) is 0 Å². The van der Waals surface area contributed by atoms with Gasteiger partial charge in [0.05, 0.1) is 18.0 Å². The molecule has 0 bridgehead atoms. The molecule has 1 N–H and O–H groups in total. The number of anilines is 2. The Kier molecular flexibility index (Phi) is 7.30. The minimum absolute atomic E-state index is 0.0507. The number of aromatic nitrogens is 1. The molecule has 0 radical (unpaired) electrons. The second-order valence-electron chi connectivity index (χ2n) is 8.94. The molecule has 1 fully saturated rings. The number of aryl methyl sites for hydroxylation is 1. The minimum Gasteiger partial charge on any atom is -0.311 e. The van der Waals surface area contributed by atoms with Crippen molar-refractivity contribution in [2.75, 3.05) is 50.0 Å². The first-order valence-electron chi connectivity index (χ1n) is 11.6. The lowest BCUT2D eigenvalue weighted by Crippen LogP contribution is -2.41. The van der Waals surface area contributed by atoms with Crippen molar-refractivity contribution in [3.8, 4) is 0 Å². The van der Waals surface area contributed by atoms with Gasteiger partial charge in [0.2, 0.25) is 21.8 Å². The van der Waals surface area contributed by atoms with Crippen molar-refractivity contribution in [1.82, 2.24) is 14.2 Å². The van der Waals surface area contributed by atoms with Crippen LogP contribution in [0.25, 0.3) is 0 Å². The molecule has 9 nitrogen and oxygen atoms in total. The minimum atomic E-state index is -3.51. The number of sulfonamides is 1. The third-order valence-corrected chi connectivity index (χ3v) is 8.07. The third-order valence-electron chi connectivity index (χ3n) is 6.17. The fourth-order valence-corrected chi connectivity index (χ4v) is 6.03. The van der Waals surface area contributed by atoms with E-state index in [0.29, 0.717) is 36.8 Å². The molecule has 10 heteroatoms. The van der Waals surface area contributed by atoms with Crippen LogP contribution < -0.4 is 10.2 Å². The van der Waals surface area contributed by atoms with Crippen LogP contribution in [-0.4, -0.2) is 74.2 Å². The van der Waals surface area contributed by atoms with Gasteiger partial charge < -0.3 is 10.2 Å². The van der Waals surface area contributed by atoms with E-state index in [1.54, 1.807) is 45.4 Å². The molecule has 1 saturated heterocycles. The maximum absolute atomic E-state index is 13.0. The predicted molar refractivity (Wildman–Crippen MR) is 130 cm³/mol. The summed E-state index contributed by atoms with van der Waals surface area (Å²) >= 11 is 0. The highest BCUT2D eigenvalue weighted by Crippen LogP contribution is 2.32. The van der Waals surface area contributed by atoms with Gasteiger partial charge in [-0.15, -0.1) is 0 Å². The largest absolute Gasteiger partial charge is 0.311 e. The van der Waals surface area contributed by atoms with Crippen LogP contribution in [0.5, 0.6) is 0 Å². The first kappa shape index (κ1) is 24.3. The van der Waals surface area contributed by atoms with Crippen molar-refractivity contribution in [2.24, 2.45) is 0 Å². The topological polar surface area (TPSA) is 103 Å². The number of carbonyl (C=O) groups is 2. The Morgan fingerprint density at radius 3 is 2.56 bits per heavy atom. The Morgan fingerprint density at radius 2 is 1.82 bits per heavy atom. The number of pyridine rings is 1. The number of nitrogens with one attached hydrogen (secondary N) is 1. The van der Waals surface area contributed by atoms with Gasteiger partial charge in [-0.2, -0.15) is 4.31 Å². The fraction of sp³-hybridized carbons (Fsp3) is 0.458. The van der Waals surface area contributed by atoms with Crippen LogP contribution >= 0.6 is 0 Å². The molecule has 0 saturated carbocycles. The highest BCUT2D eigenvalue weighted by molar-refractivity contribution is 7.89. The van der Waals surface area contributed by atoms with Crippen molar-refractivity contribution in [3.63, 3.8) is 0 Å². The van der Waals surface area contributed by atoms with Gasteiger partial charge in [0.15, 0.2) is 0 Å². The Labute approximate surface area is 200 Å². The number of hydrogen-bond donors (Lipinski definition) is 1. The highest BCUT2D eigenvalue weighted by atomic mass is 32.2. The van der Waals surface area contributed by atoms with Crippen LogP contribution in [0.2, 0.25) is 0 Å². The molecule has 0 atom stereocenters. The number of amides is 2. The van der Waals surface area contributed by atoms with E-state index in [4.69, 9.17) is 0 Å².